The van der Waals surface area contributed by atoms with Gasteiger partial charge in [-0.1, -0.05) is 121 Å². The Morgan fingerprint density at radius 3 is 1.84 bits per heavy atom. The highest BCUT2D eigenvalue weighted by Crippen LogP contribution is 2.46. The number of carbonyl (C=O) groups is 2. The van der Waals surface area contributed by atoms with Gasteiger partial charge in [0.1, 0.15) is 11.7 Å². The number of nitrogens with one attached hydrogen (secondary N) is 2. The van der Waals surface area contributed by atoms with Crippen LogP contribution in [0.5, 0.6) is 0 Å². The summed E-state index contributed by atoms with van der Waals surface area (Å²) in [4.78, 5) is 31.7. The maximum atomic E-state index is 13.9. The molecule has 0 spiro atoms. The summed E-state index contributed by atoms with van der Waals surface area (Å²) in [5.41, 5.74) is 1.63. The minimum absolute atomic E-state index is 0.138. The van der Waals surface area contributed by atoms with Gasteiger partial charge in [0.05, 0.1) is 11.8 Å². The fourth-order valence-electron chi connectivity index (χ4n) is 6.63. The third-order valence-electron chi connectivity index (χ3n) is 9.44. The zero-order valence-corrected chi connectivity index (χ0v) is 27.7. The van der Waals surface area contributed by atoms with Crippen LogP contribution in [-0.4, -0.2) is 57.3 Å². The molecule has 248 valence electrons. The molecule has 0 aliphatic heterocycles. The largest absolute Gasteiger partial charge is 0.460 e. The summed E-state index contributed by atoms with van der Waals surface area (Å²) in [5, 5.41) is 37.6. The standard InChI is InChI=1S/C36H56BN3O5/c1-27(2)23-24-32(36(37(44)45)25-16-11-9-7-5-4-6-8-10-12-17-26-36)39-35(43)33(28(3)41)40-34(42)31-22-18-21-30(38-31)29-19-14-13-15-20-29/h13-15,18-22,27-28,32-33,41,44-45H,4-12,16-17,23-26H2,1-3H3,(H,39,43)(H,40,42)/t28-,32+,33?/m1/s1. The van der Waals surface area contributed by atoms with Crippen molar-refractivity contribution in [2.24, 2.45) is 5.92 Å². The maximum Gasteiger partial charge on any atom is 0.460 e. The zero-order valence-electron chi connectivity index (χ0n) is 27.7. The minimum Gasteiger partial charge on any atom is -0.427 e. The fraction of sp³-hybridized carbons (Fsp3) is 0.639. The van der Waals surface area contributed by atoms with Crippen LogP contribution in [0, 0.1) is 5.92 Å². The van der Waals surface area contributed by atoms with Gasteiger partial charge in [-0.15, -0.1) is 0 Å². The van der Waals surface area contributed by atoms with E-state index in [0.29, 0.717) is 30.9 Å². The molecule has 0 saturated heterocycles. The molecule has 1 fully saturated rings. The number of aromatic nitrogens is 1. The summed E-state index contributed by atoms with van der Waals surface area (Å²) in [5.74, 6) is -0.751. The SMILES string of the molecule is CC(C)CC[C@H](NC(=O)C(NC(=O)c1cccc(-c2ccccc2)n1)[C@@H](C)O)C1(B(O)O)CCCCCCCCCCCCC1. The average molecular weight is 622 g/mol. The molecular weight excluding hydrogens is 565 g/mol. The summed E-state index contributed by atoms with van der Waals surface area (Å²) < 4.78 is 0. The lowest BCUT2D eigenvalue weighted by Gasteiger charge is -2.42. The smallest absolute Gasteiger partial charge is 0.427 e. The Labute approximate surface area is 271 Å². The van der Waals surface area contributed by atoms with E-state index in [2.05, 4.69) is 29.5 Å². The second-order valence-electron chi connectivity index (χ2n) is 13.5. The molecule has 1 aliphatic rings. The minimum atomic E-state index is -1.60. The van der Waals surface area contributed by atoms with E-state index in [-0.39, 0.29) is 5.69 Å². The molecule has 1 unspecified atom stereocenters. The summed E-state index contributed by atoms with van der Waals surface area (Å²) in [6, 6.07) is 12.9. The first-order valence-corrected chi connectivity index (χ1v) is 17.3. The Kier molecular flexibility index (Phi) is 15.5. The fourth-order valence-corrected chi connectivity index (χ4v) is 6.63. The predicted octanol–water partition coefficient (Wildman–Crippen LogP) is 6.45. The molecule has 2 aromatic rings. The van der Waals surface area contributed by atoms with Gasteiger partial charge in [0, 0.05) is 16.9 Å². The number of nitrogens with zero attached hydrogens (tertiary/aromatic N) is 1. The van der Waals surface area contributed by atoms with E-state index in [1.807, 2.05) is 36.4 Å². The van der Waals surface area contributed by atoms with Crippen molar-refractivity contribution in [3.63, 3.8) is 0 Å². The van der Waals surface area contributed by atoms with Crippen LogP contribution in [0.3, 0.4) is 0 Å². The van der Waals surface area contributed by atoms with Crippen molar-refractivity contribution in [3.05, 3.63) is 54.2 Å². The van der Waals surface area contributed by atoms with E-state index < -0.39 is 42.4 Å². The molecule has 1 aromatic heterocycles. The van der Waals surface area contributed by atoms with Crippen LogP contribution in [0.1, 0.15) is 128 Å². The molecule has 0 bridgehead atoms. The molecule has 1 aliphatic carbocycles. The molecule has 2 amide bonds. The van der Waals surface area contributed by atoms with Crippen LogP contribution in [0.2, 0.25) is 5.31 Å². The van der Waals surface area contributed by atoms with Gasteiger partial charge in [-0.3, -0.25) is 9.59 Å². The van der Waals surface area contributed by atoms with Gasteiger partial charge in [0.25, 0.3) is 5.91 Å². The Morgan fingerprint density at radius 2 is 1.33 bits per heavy atom. The maximum absolute atomic E-state index is 13.9. The molecule has 0 radical (unpaired) electrons. The van der Waals surface area contributed by atoms with E-state index in [1.165, 1.54) is 39.0 Å². The van der Waals surface area contributed by atoms with Gasteiger partial charge in [-0.2, -0.15) is 0 Å². The van der Waals surface area contributed by atoms with Gasteiger partial charge in [0.2, 0.25) is 5.91 Å². The Balaban J connectivity index is 1.84. The molecule has 3 rings (SSSR count). The average Bonchev–Trinajstić information content (AvgIpc) is 3.02. The first-order valence-electron chi connectivity index (χ1n) is 17.3. The first-order chi connectivity index (χ1) is 21.6. The van der Waals surface area contributed by atoms with Crippen molar-refractivity contribution in [2.45, 2.75) is 141 Å². The van der Waals surface area contributed by atoms with E-state index in [4.69, 9.17) is 0 Å². The summed E-state index contributed by atoms with van der Waals surface area (Å²) >= 11 is 0. The van der Waals surface area contributed by atoms with E-state index in [9.17, 15) is 24.7 Å². The lowest BCUT2D eigenvalue weighted by molar-refractivity contribution is -0.126. The number of rotatable bonds is 11. The van der Waals surface area contributed by atoms with Crippen LogP contribution in [0.15, 0.2) is 48.5 Å². The number of aliphatic hydroxyl groups excluding tert-OH is 1. The summed E-state index contributed by atoms with van der Waals surface area (Å²) in [7, 11) is -1.60. The Hall–Kier alpha value is -2.75. The van der Waals surface area contributed by atoms with Gasteiger partial charge in [-0.05, 0) is 50.7 Å². The quantitative estimate of drug-likeness (QED) is 0.183. The Morgan fingerprint density at radius 1 is 0.778 bits per heavy atom. The molecule has 3 atom stereocenters. The van der Waals surface area contributed by atoms with E-state index in [1.54, 1.807) is 12.1 Å². The second-order valence-corrected chi connectivity index (χ2v) is 13.5. The van der Waals surface area contributed by atoms with E-state index in [0.717, 1.165) is 50.5 Å². The van der Waals surface area contributed by atoms with Crippen molar-refractivity contribution in [2.75, 3.05) is 0 Å². The number of amides is 2. The summed E-state index contributed by atoms with van der Waals surface area (Å²) in [6.45, 7) is 5.70. The van der Waals surface area contributed by atoms with Crippen LogP contribution >= 0.6 is 0 Å². The highest BCUT2D eigenvalue weighted by atomic mass is 16.4. The summed E-state index contributed by atoms with van der Waals surface area (Å²) in [6.07, 6.45) is 13.5. The second kappa shape index (κ2) is 19.0. The monoisotopic (exact) mass is 621 g/mol. The number of hydrogen-bond donors (Lipinski definition) is 5. The molecule has 8 nitrogen and oxygen atoms in total. The Bertz CT molecular complexity index is 1150. The van der Waals surface area contributed by atoms with Gasteiger partial charge in [-0.25, -0.2) is 4.98 Å². The number of benzene rings is 1. The van der Waals surface area contributed by atoms with Crippen LogP contribution in [-0.2, 0) is 4.79 Å². The van der Waals surface area contributed by atoms with Crippen LogP contribution < -0.4 is 10.6 Å². The lowest BCUT2D eigenvalue weighted by Crippen LogP contribution is -2.58. The molecule has 9 heteroatoms. The van der Waals surface area contributed by atoms with Crippen molar-refractivity contribution >= 4 is 18.9 Å². The molecular formula is C36H56BN3O5. The highest BCUT2D eigenvalue weighted by Gasteiger charge is 2.48. The number of pyridine rings is 1. The van der Waals surface area contributed by atoms with Crippen LogP contribution in [0.4, 0.5) is 0 Å². The lowest BCUT2D eigenvalue weighted by atomic mass is 9.49. The highest BCUT2D eigenvalue weighted by molar-refractivity contribution is 6.46. The van der Waals surface area contributed by atoms with E-state index >= 15 is 0 Å². The van der Waals surface area contributed by atoms with Crippen molar-refractivity contribution in [3.8, 4) is 11.3 Å². The van der Waals surface area contributed by atoms with Gasteiger partial charge < -0.3 is 25.8 Å². The number of carbonyl (C=O) groups excluding carboxylic acids is 2. The van der Waals surface area contributed by atoms with Gasteiger partial charge >= 0.3 is 7.12 Å². The molecule has 1 heterocycles. The third-order valence-corrected chi connectivity index (χ3v) is 9.44. The third kappa shape index (κ3) is 11.5. The van der Waals surface area contributed by atoms with Crippen LogP contribution in [0.25, 0.3) is 11.3 Å². The topological polar surface area (TPSA) is 132 Å². The predicted molar refractivity (Wildman–Crippen MR) is 182 cm³/mol. The first kappa shape index (κ1) is 36.7. The molecule has 1 saturated carbocycles. The number of aliphatic hydroxyl groups is 1. The van der Waals surface area contributed by atoms with Gasteiger partial charge in [0.15, 0.2) is 0 Å². The molecule has 5 N–H and O–H groups in total. The molecule has 45 heavy (non-hydrogen) atoms. The number of hydrogen-bond acceptors (Lipinski definition) is 6. The normalized spacial score (nSPS) is 18.6. The molecule has 1 aromatic carbocycles. The zero-order chi connectivity index (χ0) is 32.7. The van der Waals surface area contributed by atoms with Crippen molar-refractivity contribution < 1.29 is 24.7 Å². The van der Waals surface area contributed by atoms with Crippen molar-refractivity contribution in [1.82, 2.24) is 15.6 Å². The van der Waals surface area contributed by atoms with Crippen molar-refractivity contribution in [1.29, 1.82) is 0 Å².